The topological polar surface area (TPSA) is 38.8 Å². The number of nitrogens with zero attached hydrogens (tertiary/aromatic N) is 1. The molecule has 0 radical (unpaired) electrons. The Morgan fingerprint density at radius 3 is 2.87 bits per heavy atom. The molecule has 1 atom stereocenters. The monoisotopic (exact) mass is 473 g/mol. The number of carbonyl (C=O) groups is 1. The lowest BCUT2D eigenvalue weighted by atomic mass is 10.1. The van der Waals surface area contributed by atoms with Crippen molar-refractivity contribution >= 4 is 32.0 Å². The van der Waals surface area contributed by atoms with E-state index in [4.69, 9.17) is 9.47 Å². The van der Waals surface area contributed by atoms with Crippen LogP contribution in [-0.4, -0.2) is 31.8 Å². The van der Waals surface area contributed by atoms with Gasteiger partial charge in [-0.3, -0.25) is 4.79 Å². The van der Waals surface area contributed by atoms with E-state index in [1.807, 2.05) is 30.3 Å². The highest BCUT2D eigenvalue weighted by atomic mass is 79.9. The Labute approximate surface area is 184 Å². The second-order valence-corrected chi connectivity index (χ2v) is 8.62. The van der Waals surface area contributed by atoms with Gasteiger partial charge in [0.05, 0.1) is 38.0 Å². The van der Waals surface area contributed by atoms with Crippen LogP contribution >= 0.6 is 15.9 Å². The Morgan fingerprint density at radius 2 is 2.10 bits per heavy atom. The number of hydrogen-bond donors (Lipinski definition) is 0. The van der Waals surface area contributed by atoms with Crippen molar-refractivity contribution in [1.82, 2.24) is 0 Å². The quantitative estimate of drug-likeness (QED) is 0.565. The molecule has 6 heteroatoms. The van der Waals surface area contributed by atoms with E-state index in [1.54, 1.807) is 17.9 Å². The van der Waals surface area contributed by atoms with Crippen LogP contribution in [0.25, 0.3) is 4.48 Å². The molecule has 1 fully saturated rings. The van der Waals surface area contributed by atoms with Gasteiger partial charge in [0.2, 0.25) is 5.91 Å². The highest BCUT2D eigenvalue weighted by Crippen LogP contribution is 2.38. The molecule has 2 aliphatic rings. The predicted molar refractivity (Wildman–Crippen MR) is 119 cm³/mol. The van der Waals surface area contributed by atoms with Gasteiger partial charge in [-0.2, -0.15) is 0 Å². The maximum atomic E-state index is 14.1. The largest absolute Gasteiger partial charge is 0.376 e. The number of ether oxygens (including phenoxy) is 2. The van der Waals surface area contributed by atoms with Crippen molar-refractivity contribution in [2.24, 2.45) is 0 Å². The fourth-order valence-corrected chi connectivity index (χ4v) is 4.46. The first-order chi connectivity index (χ1) is 14.5. The van der Waals surface area contributed by atoms with E-state index in [1.165, 1.54) is 6.07 Å². The van der Waals surface area contributed by atoms with E-state index in [0.717, 1.165) is 46.3 Å². The van der Waals surface area contributed by atoms with Gasteiger partial charge in [0.15, 0.2) is 0 Å². The summed E-state index contributed by atoms with van der Waals surface area (Å²) in [6.45, 7) is 3.74. The van der Waals surface area contributed by atoms with Crippen LogP contribution in [-0.2, 0) is 20.8 Å². The zero-order valence-electron chi connectivity index (χ0n) is 17.0. The standard InChI is InChI=1S/C24H25BrFNO3/c1-16-8-9-17(11-21(16)26)13-27-22-7-3-2-6-20(22)24(25)18(12-23(27)28)14-29-15-19-5-4-10-30-19/h2-3,6-9,11,19H,4-5,10,12-15H2,1H3. The van der Waals surface area contributed by atoms with Crippen LogP contribution in [0.2, 0.25) is 0 Å². The molecule has 4 nitrogen and oxygen atoms in total. The number of fused-ring (bicyclic) bond motifs is 1. The van der Waals surface area contributed by atoms with E-state index >= 15 is 0 Å². The van der Waals surface area contributed by atoms with Gasteiger partial charge in [0.25, 0.3) is 0 Å². The average molecular weight is 474 g/mol. The number of rotatable bonds is 6. The number of hydrogen-bond acceptors (Lipinski definition) is 3. The number of halogens is 2. The van der Waals surface area contributed by atoms with Crippen LogP contribution in [0.3, 0.4) is 0 Å². The van der Waals surface area contributed by atoms with Gasteiger partial charge in [0.1, 0.15) is 5.82 Å². The number of carbonyl (C=O) groups excluding carboxylic acids is 1. The molecule has 30 heavy (non-hydrogen) atoms. The van der Waals surface area contributed by atoms with Crippen LogP contribution in [0, 0.1) is 12.7 Å². The highest BCUT2D eigenvalue weighted by molar-refractivity contribution is 9.15. The fraction of sp³-hybridized carbons (Fsp3) is 0.375. The number of anilines is 1. The lowest BCUT2D eigenvalue weighted by molar-refractivity contribution is -0.118. The molecule has 0 N–H and O–H groups in total. The van der Waals surface area contributed by atoms with Crippen LogP contribution in [0.1, 0.15) is 36.0 Å². The first-order valence-electron chi connectivity index (χ1n) is 10.2. The van der Waals surface area contributed by atoms with Crippen LogP contribution in [0.4, 0.5) is 10.1 Å². The minimum Gasteiger partial charge on any atom is -0.376 e. The summed E-state index contributed by atoms with van der Waals surface area (Å²) in [7, 11) is 0. The van der Waals surface area contributed by atoms with Crippen molar-refractivity contribution in [3.8, 4) is 0 Å². The van der Waals surface area contributed by atoms with E-state index in [2.05, 4.69) is 15.9 Å². The number of aryl methyl sites for hydroxylation is 1. The Morgan fingerprint density at radius 1 is 1.27 bits per heavy atom. The van der Waals surface area contributed by atoms with E-state index in [0.29, 0.717) is 25.3 Å². The summed E-state index contributed by atoms with van der Waals surface area (Å²) < 4.78 is 26.4. The van der Waals surface area contributed by atoms with E-state index in [9.17, 15) is 9.18 Å². The molecule has 0 aromatic heterocycles. The van der Waals surface area contributed by atoms with Crippen molar-refractivity contribution in [2.45, 2.75) is 38.8 Å². The summed E-state index contributed by atoms with van der Waals surface area (Å²) in [6, 6.07) is 12.9. The predicted octanol–water partition coefficient (Wildman–Crippen LogP) is 5.37. The van der Waals surface area contributed by atoms with Crippen LogP contribution < -0.4 is 4.90 Å². The Hall–Kier alpha value is -2.02. The van der Waals surface area contributed by atoms with Crippen molar-refractivity contribution in [3.63, 3.8) is 0 Å². The molecule has 158 valence electrons. The Balaban J connectivity index is 1.56. The molecule has 1 unspecified atom stereocenters. The number of para-hydroxylation sites is 1. The zero-order chi connectivity index (χ0) is 21.1. The summed E-state index contributed by atoms with van der Waals surface area (Å²) in [6.07, 6.45) is 2.48. The van der Waals surface area contributed by atoms with Crippen molar-refractivity contribution in [3.05, 3.63) is 70.5 Å². The zero-order valence-corrected chi connectivity index (χ0v) is 18.6. The third kappa shape index (κ3) is 4.66. The summed E-state index contributed by atoms with van der Waals surface area (Å²) in [4.78, 5) is 14.9. The summed E-state index contributed by atoms with van der Waals surface area (Å²) in [5.41, 5.74) is 4.01. The Kier molecular flexibility index (Phi) is 6.66. The van der Waals surface area contributed by atoms with Gasteiger partial charge < -0.3 is 14.4 Å². The summed E-state index contributed by atoms with van der Waals surface area (Å²) in [5, 5.41) is 0. The molecule has 1 saturated heterocycles. The van der Waals surface area contributed by atoms with Crippen molar-refractivity contribution < 1.29 is 18.7 Å². The van der Waals surface area contributed by atoms with Gasteiger partial charge in [0, 0.05) is 16.7 Å². The first-order valence-corrected chi connectivity index (χ1v) is 11.0. The lowest BCUT2D eigenvalue weighted by Crippen LogP contribution is -2.30. The molecular weight excluding hydrogens is 449 g/mol. The fourth-order valence-electron chi connectivity index (χ4n) is 3.87. The minimum absolute atomic E-state index is 0.0337. The molecule has 0 bridgehead atoms. The lowest BCUT2D eigenvalue weighted by Gasteiger charge is -2.23. The molecule has 2 aliphatic heterocycles. The van der Waals surface area contributed by atoms with Gasteiger partial charge in [-0.05, 0) is 48.6 Å². The smallest absolute Gasteiger partial charge is 0.231 e. The second kappa shape index (κ2) is 9.41. The highest BCUT2D eigenvalue weighted by Gasteiger charge is 2.27. The van der Waals surface area contributed by atoms with Gasteiger partial charge >= 0.3 is 0 Å². The van der Waals surface area contributed by atoms with Crippen molar-refractivity contribution in [2.75, 3.05) is 24.7 Å². The SMILES string of the molecule is Cc1ccc(CN2C(=O)CC(COCC3CCCO3)=C(Br)c3ccccc32)cc1F. The molecule has 2 aromatic carbocycles. The molecule has 1 amide bonds. The van der Waals surface area contributed by atoms with Crippen LogP contribution in [0.5, 0.6) is 0 Å². The minimum atomic E-state index is -0.259. The van der Waals surface area contributed by atoms with Crippen LogP contribution in [0.15, 0.2) is 48.0 Å². The number of benzene rings is 2. The average Bonchev–Trinajstić information content (AvgIpc) is 3.23. The van der Waals surface area contributed by atoms with Gasteiger partial charge in [-0.1, -0.05) is 46.3 Å². The number of amides is 1. The molecule has 0 saturated carbocycles. The molecule has 0 spiro atoms. The normalized spacial score (nSPS) is 19.2. The first kappa shape index (κ1) is 21.2. The van der Waals surface area contributed by atoms with Gasteiger partial charge in [-0.25, -0.2) is 4.39 Å². The van der Waals surface area contributed by atoms with E-state index < -0.39 is 0 Å². The molecule has 2 aromatic rings. The molecule has 4 rings (SSSR count). The third-order valence-corrected chi connectivity index (χ3v) is 6.58. The maximum Gasteiger partial charge on any atom is 0.231 e. The van der Waals surface area contributed by atoms with Crippen molar-refractivity contribution in [1.29, 1.82) is 0 Å². The summed E-state index contributed by atoms with van der Waals surface area (Å²) in [5.74, 6) is -0.292. The maximum absolute atomic E-state index is 14.1. The second-order valence-electron chi connectivity index (χ2n) is 7.83. The Bertz CT molecular complexity index is 969. The molecular formula is C24H25BrFNO3. The molecule has 2 heterocycles. The summed E-state index contributed by atoms with van der Waals surface area (Å²) >= 11 is 3.71. The van der Waals surface area contributed by atoms with E-state index in [-0.39, 0.29) is 24.2 Å². The van der Waals surface area contributed by atoms with Gasteiger partial charge in [-0.15, -0.1) is 0 Å². The molecule has 0 aliphatic carbocycles. The third-order valence-electron chi connectivity index (χ3n) is 5.59.